The molecule has 1 N–H and O–H groups in total. The average Bonchev–Trinajstić information content (AvgIpc) is 2.38. The maximum absolute atomic E-state index is 12.0. The summed E-state index contributed by atoms with van der Waals surface area (Å²) in [6.45, 7) is 8.13. The van der Waals surface area contributed by atoms with Crippen LogP contribution in [0, 0.1) is 13.8 Å². The van der Waals surface area contributed by atoms with E-state index in [1.807, 2.05) is 31.7 Å². The van der Waals surface area contributed by atoms with Crippen LogP contribution in [0.1, 0.15) is 18.3 Å². The third-order valence-corrected chi connectivity index (χ3v) is 3.03. The van der Waals surface area contributed by atoms with Crippen molar-refractivity contribution in [1.29, 1.82) is 0 Å². The Bertz CT molecular complexity index is 444. The molecule has 1 aromatic rings. The zero-order valence-corrected chi connectivity index (χ0v) is 11.6. The van der Waals surface area contributed by atoms with Crippen molar-refractivity contribution in [2.75, 3.05) is 31.1 Å². The first-order valence-electron chi connectivity index (χ1n) is 6.58. The summed E-state index contributed by atoms with van der Waals surface area (Å²) in [6.07, 6.45) is 0. The van der Waals surface area contributed by atoms with Gasteiger partial charge in [-0.3, -0.25) is 0 Å². The second kappa shape index (κ2) is 5.97. The van der Waals surface area contributed by atoms with E-state index in [1.165, 1.54) is 0 Å². The molecule has 2 heterocycles. The lowest BCUT2D eigenvalue weighted by molar-refractivity contribution is -0.144. The number of ether oxygens (including phenoxy) is 1. The summed E-state index contributed by atoms with van der Waals surface area (Å²) in [7, 11) is 0. The topological polar surface area (TPSA) is 67.3 Å². The molecule has 1 fully saturated rings. The molecule has 1 aliphatic heterocycles. The van der Waals surface area contributed by atoms with Crippen LogP contribution in [0.15, 0.2) is 6.07 Å². The van der Waals surface area contributed by atoms with Crippen LogP contribution in [-0.2, 0) is 9.53 Å². The molecule has 0 spiro atoms. The number of hydrogen-bond acceptors (Lipinski definition) is 6. The Labute approximate surface area is 113 Å². The SMILES string of the molecule is CCOC(=O)C1CNCCN1c1nc(C)cc(C)n1. The van der Waals surface area contributed by atoms with Gasteiger partial charge in [0.1, 0.15) is 6.04 Å². The summed E-state index contributed by atoms with van der Waals surface area (Å²) in [6, 6.07) is 1.57. The van der Waals surface area contributed by atoms with Gasteiger partial charge in [-0.1, -0.05) is 0 Å². The van der Waals surface area contributed by atoms with Crippen molar-refractivity contribution in [1.82, 2.24) is 15.3 Å². The van der Waals surface area contributed by atoms with Gasteiger partial charge in [0.05, 0.1) is 6.61 Å². The Kier molecular flexibility index (Phi) is 4.31. The van der Waals surface area contributed by atoms with Gasteiger partial charge in [-0.05, 0) is 26.8 Å². The fourth-order valence-electron chi connectivity index (χ4n) is 2.23. The lowest BCUT2D eigenvalue weighted by Crippen LogP contribution is -2.56. The Balaban J connectivity index is 2.25. The maximum atomic E-state index is 12.0. The van der Waals surface area contributed by atoms with Gasteiger partial charge in [0, 0.05) is 31.0 Å². The second-order valence-corrected chi connectivity index (χ2v) is 4.62. The van der Waals surface area contributed by atoms with Crippen molar-refractivity contribution in [2.24, 2.45) is 0 Å². The number of aromatic nitrogens is 2. The summed E-state index contributed by atoms with van der Waals surface area (Å²) in [5.41, 5.74) is 1.81. The van der Waals surface area contributed by atoms with Crippen molar-refractivity contribution < 1.29 is 9.53 Å². The van der Waals surface area contributed by atoms with E-state index in [1.54, 1.807) is 0 Å². The molecule has 0 amide bonds. The first-order valence-corrected chi connectivity index (χ1v) is 6.58. The molecule has 0 radical (unpaired) electrons. The summed E-state index contributed by atoms with van der Waals surface area (Å²) in [5, 5.41) is 3.21. The number of aryl methyl sites for hydroxylation is 2. The van der Waals surface area contributed by atoms with Crippen LogP contribution in [0.3, 0.4) is 0 Å². The number of esters is 1. The lowest BCUT2D eigenvalue weighted by atomic mass is 10.2. The maximum Gasteiger partial charge on any atom is 0.330 e. The first-order chi connectivity index (χ1) is 9.11. The van der Waals surface area contributed by atoms with E-state index in [2.05, 4.69) is 15.3 Å². The van der Waals surface area contributed by atoms with Crippen LogP contribution in [0.25, 0.3) is 0 Å². The fraction of sp³-hybridized carbons (Fsp3) is 0.615. The third-order valence-electron chi connectivity index (χ3n) is 3.03. The summed E-state index contributed by atoms with van der Waals surface area (Å²) < 4.78 is 5.12. The van der Waals surface area contributed by atoms with Gasteiger partial charge < -0.3 is 15.0 Å². The minimum Gasteiger partial charge on any atom is -0.464 e. The highest BCUT2D eigenvalue weighted by Crippen LogP contribution is 2.15. The Hall–Kier alpha value is -1.69. The lowest BCUT2D eigenvalue weighted by Gasteiger charge is -2.34. The largest absolute Gasteiger partial charge is 0.464 e. The number of carbonyl (C=O) groups is 1. The third kappa shape index (κ3) is 3.20. The van der Waals surface area contributed by atoms with E-state index in [9.17, 15) is 4.79 Å². The molecule has 1 atom stereocenters. The predicted octanol–water partition coefficient (Wildman–Crippen LogP) is 0.435. The van der Waals surface area contributed by atoms with Gasteiger partial charge in [0.2, 0.25) is 5.95 Å². The Morgan fingerprint density at radius 2 is 2.16 bits per heavy atom. The van der Waals surface area contributed by atoms with Gasteiger partial charge in [-0.25, -0.2) is 14.8 Å². The number of nitrogens with zero attached hydrogens (tertiary/aromatic N) is 3. The van der Waals surface area contributed by atoms with E-state index in [0.29, 0.717) is 25.6 Å². The standard InChI is InChI=1S/C13H20N4O2/c1-4-19-12(18)11-8-14-5-6-17(11)13-15-9(2)7-10(3)16-13/h7,11,14H,4-6,8H2,1-3H3. The predicted molar refractivity (Wildman–Crippen MR) is 72.1 cm³/mol. The van der Waals surface area contributed by atoms with Crippen LogP contribution in [0.2, 0.25) is 0 Å². The molecule has 19 heavy (non-hydrogen) atoms. The highest BCUT2D eigenvalue weighted by Gasteiger charge is 2.31. The van der Waals surface area contributed by atoms with Gasteiger partial charge in [-0.2, -0.15) is 0 Å². The molecule has 0 aliphatic carbocycles. The Morgan fingerprint density at radius 1 is 1.47 bits per heavy atom. The molecule has 6 heteroatoms. The van der Waals surface area contributed by atoms with Crippen LogP contribution in [0.4, 0.5) is 5.95 Å². The number of rotatable bonds is 3. The smallest absolute Gasteiger partial charge is 0.330 e. The van der Waals surface area contributed by atoms with Gasteiger partial charge in [-0.15, -0.1) is 0 Å². The van der Waals surface area contributed by atoms with E-state index in [0.717, 1.165) is 17.9 Å². The summed E-state index contributed by atoms with van der Waals surface area (Å²) in [5.74, 6) is 0.384. The van der Waals surface area contributed by atoms with E-state index >= 15 is 0 Å². The summed E-state index contributed by atoms with van der Waals surface area (Å²) >= 11 is 0. The van der Waals surface area contributed by atoms with Crippen molar-refractivity contribution in [3.8, 4) is 0 Å². The number of nitrogens with one attached hydrogen (secondary N) is 1. The number of anilines is 1. The average molecular weight is 264 g/mol. The second-order valence-electron chi connectivity index (χ2n) is 4.62. The van der Waals surface area contributed by atoms with Crippen molar-refractivity contribution in [2.45, 2.75) is 26.8 Å². The molecule has 1 aliphatic rings. The minimum absolute atomic E-state index is 0.225. The molecule has 0 bridgehead atoms. The van der Waals surface area contributed by atoms with E-state index in [4.69, 9.17) is 4.74 Å². The normalized spacial score (nSPS) is 19.3. The first kappa shape index (κ1) is 13.7. The molecule has 0 aromatic carbocycles. The van der Waals surface area contributed by atoms with Crippen LogP contribution >= 0.6 is 0 Å². The van der Waals surface area contributed by atoms with E-state index in [-0.39, 0.29) is 12.0 Å². The van der Waals surface area contributed by atoms with Gasteiger partial charge in [0.15, 0.2) is 0 Å². The van der Waals surface area contributed by atoms with Gasteiger partial charge in [0.25, 0.3) is 0 Å². The number of hydrogen-bond donors (Lipinski definition) is 1. The fourth-order valence-corrected chi connectivity index (χ4v) is 2.23. The molecule has 1 aromatic heterocycles. The quantitative estimate of drug-likeness (QED) is 0.799. The van der Waals surface area contributed by atoms with Crippen LogP contribution in [0.5, 0.6) is 0 Å². The highest BCUT2D eigenvalue weighted by atomic mass is 16.5. The molecule has 6 nitrogen and oxygen atoms in total. The molecule has 1 unspecified atom stereocenters. The monoisotopic (exact) mass is 264 g/mol. The molecular weight excluding hydrogens is 244 g/mol. The van der Waals surface area contributed by atoms with Gasteiger partial charge >= 0.3 is 5.97 Å². The van der Waals surface area contributed by atoms with Crippen molar-refractivity contribution in [3.05, 3.63) is 17.5 Å². The molecule has 0 saturated carbocycles. The molecule has 2 rings (SSSR count). The van der Waals surface area contributed by atoms with Crippen LogP contribution in [-0.4, -0.2) is 48.2 Å². The number of piperazine rings is 1. The number of carbonyl (C=O) groups excluding carboxylic acids is 1. The Morgan fingerprint density at radius 3 is 2.79 bits per heavy atom. The molecule has 104 valence electrons. The van der Waals surface area contributed by atoms with Crippen molar-refractivity contribution in [3.63, 3.8) is 0 Å². The van der Waals surface area contributed by atoms with E-state index < -0.39 is 0 Å². The molecular formula is C13H20N4O2. The molecule has 1 saturated heterocycles. The van der Waals surface area contributed by atoms with Crippen molar-refractivity contribution >= 4 is 11.9 Å². The summed E-state index contributed by atoms with van der Waals surface area (Å²) in [4.78, 5) is 22.8. The van der Waals surface area contributed by atoms with Crippen LogP contribution < -0.4 is 10.2 Å². The highest BCUT2D eigenvalue weighted by molar-refractivity contribution is 5.80. The zero-order chi connectivity index (χ0) is 13.8. The minimum atomic E-state index is -0.352. The zero-order valence-electron chi connectivity index (χ0n) is 11.6.